The van der Waals surface area contributed by atoms with Gasteiger partial charge in [0.2, 0.25) is 5.88 Å². The molecule has 0 aliphatic rings. The molecular formula is C12H12BrN3O. The number of pyridine rings is 2. The minimum absolute atomic E-state index is 0.545. The Bertz CT molecular complexity index is 505. The fourth-order valence-corrected chi connectivity index (χ4v) is 1.66. The Labute approximate surface area is 108 Å². The molecule has 0 atom stereocenters. The van der Waals surface area contributed by atoms with Crippen LogP contribution >= 0.6 is 15.9 Å². The molecule has 2 heterocycles. The molecule has 2 aromatic heterocycles. The Morgan fingerprint density at radius 3 is 3.00 bits per heavy atom. The second-order valence-electron chi connectivity index (χ2n) is 3.33. The molecule has 0 fully saturated rings. The van der Waals surface area contributed by atoms with Crippen LogP contribution < -0.4 is 10.1 Å². The third-order valence-corrected chi connectivity index (χ3v) is 2.42. The maximum Gasteiger partial charge on any atom is 0.221 e. The zero-order valence-corrected chi connectivity index (χ0v) is 10.9. The molecule has 1 N–H and O–H groups in total. The van der Waals surface area contributed by atoms with Crippen molar-refractivity contribution in [1.29, 1.82) is 0 Å². The van der Waals surface area contributed by atoms with E-state index in [1.165, 1.54) is 0 Å². The Hall–Kier alpha value is -1.62. The maximum atomic E-state index is 5.60. The maximum absolute atomic E-state index is 5.60. The number of anilines is 1. The van der Waals surface area contributed by atoms with Crippen LogP contribution in [0, 0.1) is 0 Å². The van der Waals surface area contributed by atoms with E-state index in [4.69, 9.17) is 4.74 Å². The Morgan fingerprint density at radius 1 is 1.35 bits per heavy atom. The van der Waals surface area contributed by atoms with Crippen LogP contribution in [0.15, 0.2) is 41.1 Å². The number of hydrogen-bond donors (Lipinski definition) is 1. The fourth-order valence-electron chi connectivity index (χ4n) is 1.32. The van der Waals surface area contributed by atoms with Crippen LogP contribution in [0.4, 0.5) is 5.82 Å². The SMILES string of the molecule is CCNc1cccc(Oc2cncc(Br)c2)n1. The van der Waals surface area contributed by atoms with Crippen LogP contribution in [0.25, 0.3) is 0 Å². The first kappa shape index (κ1) is 11.9. The van der Waals surface area contributed by atoms with Gasteiger partial charge in [0, 0.05) is 23.3 Å². The molecule has 0 bridgehead atoms. The largest absolute Gasteiger partial charge is 0.437 e. The summed E-state index contributed by atoms with van der Waals surface area (Å²) in [6.07, 6.45) is 3.35. The average molecular weight is 294 g/mol. The number of ether oxygens (including phenoxy) is 1. The predicted octanol–water partition coefficient (Wildman–Crippen LogP) is 3.46. The highest BCUT2D eigenvalue weighted by Gasteiger charge is 2.01. The van der Waals surface area contributed by atoms with Crippen molar-refractivity contribution >= 4 is 21.7 Å². The van der Waals surface area contributed by atoms with Gasteiger partial charge in [0.05, 0.1) is 6.20 Å². The van der Waals surface area contributed by atoms with Gasteiger partial charge in [0.25, 0.3) is 0 Å². The summed E-state index contributed by atoms with van der Waals surface area (Å²) in [6, 6.07) is 7.44. The van der Waals surface area contributed by atoms with E-state index < -0.39 is 0 Å². The molecule has 88 valence electrons. The molecule has 0 unspecified atom stereocenters. The molecule has 0 amide bonds. The number of hydrogen-bond acceptors (Lipinski definition) is 4. The smallest absolute Gasteiger partial charge is 0.221 e. The van der Waals surface area contributed by atoms with Crippen molar-refractivity contribution in [3.8, 4) is 11.6 Å². The molecule has 0 aliphatic heterocycles. The number of halogens is 1. The molecule has 5 heteroatoms. The topological polar surface area (TPSA) is 47.0 Å². The summed E-state index contributed by atoms with van der Waals surface area (Å²) in [5.74, 6) is 2.00. The van der Waals surface area contributed by atoms with Crippen molar-refractivity contribution < 1.29 is 4.74 Å². The zero-order valence-electron chi connectivity index (χ0n) is 9.35. The Balaban J connectivity index is 2.15. The van der Waals surface area contributed by atoms with E-state index in [0.717, 1.165) is 16.8 Å². The van der Waals surface area contributed by atoms with Gasteiger partial charge in [-0.15, -0.1) is 0 Å². The summed E-state index contributed by atoms with van der Waals surface area (Å²) in [5.41, 5.74) is 0. The minimum atomic E-state index is 0.545. The summed E-state index contributed by atoms with van der Waals surface area (Å²) >= 11 is 3.34. The first-order valence-corrected chi connectivity index (χ1v) is 6.06. The van der Waals surface area contributed by atoms with E-state index in [0.29, 0.717) is 11.6 Å². The van der Waals surface area contributed by atoms with Crippen LogP contribution in [0.3, 0.4) is 0 Å². The van der Waals surface area contributed by atoms with Gasteiger partial charge >= 0.3 is 0 Å². The Kier molecular flexibility index (Phi) is 3.93. The van der Waals surface area contributed by atoms with Crippen molar-refractivity contribution in [2.24, 2.45) is 0 Å². The lowest BCUT2D eigenvalue weighted by atomic mass is 10.4. The van der Waals surface area contributed by atoms with Gasteiger partial charge in [0.15, 0.2) is 0 Å². The number of aromatic nitrogens is 2. The molecule has 17 heavy (non-hydrogen) atoms. The normalized spacial score (nSPS) is 10.0. The van der Waals surface area contributed by atoms with Crippen molar-refractivity contribution in [3.05, 3.63) is 41.1 Å². The highest BCUT2D eigenvalue weighted by molar-refractivity contribution is 9.10. The second kappa shape index (κ2) is 5.63. The first-order chi connectivity index (χ1) is 8.28. The van der Waals surface area contributed by atoms with E-state index in [9.17, 15) is 0 Å². The summed E-state index contributed by atoms with van der Waals surface area (Å²) in [5, 5.41) is 3.13. The quantitative estimate of drug-likeness (QED) is 0.938. The van der Waals surface area contributed by atoms with E-state index >= 15 is 0 Å². The Morgan fingerprint density at radius 2 is 2.24 bits per heavy atom. The first-order valence-electron chi connectivity index (χ1n) is 5.27. The van der Waals surface area contributed by atoms with Crippen LogP contribution in [0.5, 0.6) is 11.6 Å². The monoisotopic (exact) mass is 293 g/mol. The number of nitrogens with zero attached hydrogens (tertiary/aromatic N) is 2. The molecule has 4 nitrogen and oxygen atoms in total. The predicted molar refractivity (Wildman–Crippen MR) is 70.4 cm³/mol. The van der Waals surface area contributed by atoms with Crippen molar-refractivity contribution in [2.45, 2.75) is 6.92 Å². The number of nitrogens with one attached hydrogen (secondary N) is 1. The molecule has 2 aromatic rings. The van der Waals surface area contributed by atoms with Crippen molar-refractivity contribution in [3.63, 3.8) is 0 Å². The summed E-state index contributed by atoms with van der Waals surface area (Å²) in [4.78, 5) is 8.33. The van der Waals surface area contributed by atoms with E-state index in [2.05, 4.69) is 31.2 Å². The van der Waals surface area contributed by atoms with E-state index in [1.54, 1.807) is 12.4 Å². The van der Waals surface area contributed by atoms with Gasteiger partial charge in [-0.1, -0.05) is 6.07 Å². The van der Waals surface area contributed by atoms with Crippen LogP contribution in [-0.4, -0.2) is 16.5 Å². The van der Waals surface area contributed by atoms with Gasteiger partial charge in [-0.2, -0.15) is 4.98 Å². The highest BCUT2D eigenvalue weighted by atomic mass is 79.9. The van der Waals surface area contributed by atoms with E-state index in [1.807, 2.05) is 31.2 Å². The summed E-state index contributed by atoms with van der Waals surface area (Å²) in [7, 11) is 0. The number of rotatable bonds is 4. The lowest BCUT2D eigenvalue weighted by Crippen LogP contribution is -1.99. The molecule has 0 saturated heterocycles. The molecule has 0 spiro atoms. The minimum Gasteiger partial charge on any atom is -0.437 e. The lowest BCUT2D eigenvalue weighted by molar-refractivity contribution is 0.461. The molecule has 2 rings (SSSR count). The lowest BCUT2D eigenvalue weighted by Gasteiger charge is -2.07. The molecule has 0 saturated carbocycles. The van der Waals surface area contributed by atoms with Gasteiger partial charge in [-0.05, 0) is 35.0 Å². The van der Waals surface area contributed by atoms with Crippen molar-refractivity contribution in [1.82, 2.24) is 9.97 Å². The summed E-state index contributed by atoms with van der Waals surface area (Å²) in [6.45, 7) is 2.85. The average Bonchev–Trinajstić information content (AvgIpc) is 2.30. The van der Waals surface area contributed by atoms with Crippen LogP contribution in [-0.2, 0) is 0 Å². The molecule has 0 aromatic carbocycles. The zero-order chi connectivity index (χ0) is 12.1. The molecule has 0 radical (unpaired) electrons. The third-order valence-electron chi connectivity index (χ3n) is 1.98. The second-order valence-corrected chi connectivity index (χ2v) is 4.25. The van der Waals surface area contributed by atoms with Gasteiger partial charge < -0.3 is 10.1 Å². The van der Waals surface area contributed by atoms with Crippen molar-refractivity contribution in [2.75, 3.05) is 11.9 Å². The van der Waals surface area contributed by atoms with Gasteiger partial charge in [-0.3, -0.25) is 4.98 Å². The molecular weight excluding hydrogens is 282 g/mol. The van der Waals surface area contributed by atoms with Gasteiger partial charge in [-0.25, -0.2) is 0 Å². The standard InChI is InChI=1S/C12H12BrN3O/c1-2-15-11-4-3-5-12(16-11)17-10-6-9(13)7-14-8-10/h3-8H,2H2,1H3,(H,15,16). The van der Waals surface area contributed by atoms with Gasteiger partial charge in [0.1, 0.15) is 11.6 Å². The third kappa shape index (κ3) is 3.42. The molecule has 0 aliphatic carbocycles. The van der Waals surface area contributed by atoms with Crippen LogP contribution in [0.2, 0.25) is 0 Å². The van der Waals surface area contributed by atoms with E-state index in [-0.39, 0.29) is 0 Å². The highest BCUT2D eigenvalue weighted by Crippen LogP contribution is 2.22. The van der Waals surface area contributed by atoms with Crippen LogP contribution in [0.1, 0.15) is 6.92 Å². The fraction of sp³-hybridized carbons (Fsp3) is 0.167. The summed E-state index contributed by atoms with van der Waals surface area (Å²) < 4.78 is 6.48.